The van der Waals surface area contributed by atoms with Crippen molar-refractivity contribution in [3.05, 3.63) is 0 Å². The largest absolute Gasteiger partial charge is 0.467 e. The molecule has 1 saturated heterocycles. The third kappa shape index (κ3) is 2.44. The van der Waals surface area contributed by atoms with E-state index < -0.39 is 0 Å². The second kappa shape index (κ2) is 5.04. The van der Waals surface area contributed by atoms with Crippen molar-refractivity contribution >= 4 is 11.9 Å². The first-order chi connectivity index (χ1) is 8.13. The molecule has 2 fully saturated rings. The maximum Gasteiger partial charge on any atom is 0.328 e. The molecule has 5 heteroatoms. The summed E-state index contributed by atoms with van der Waals surface area (Å²) in [6.07, 6.45) is 4.11. The highest BCUT2D eigenvalue weighted by molar-refractivity contribution is 5.86. The fourth-order valence-corrected chi connectivity index (χ4v) is 2.89. The van der Waals surface area contributed by atoms with Gasteiger partial charge in [0.25, 0.3) is 0 Å². The third-order valence-electron chi connectivity index (χ3n) is 3.83. The van der Waals surface area contributed by atoms with E-state index in [-0.39, 0.29) is 29.9 Å². The number of hydrogen-bond donors (Lipinski definition) is 1. The molecular weight excluding hydrogens is 220 g/mol. The maximum absolute atomic E-state index is 12.3. The van der Waals surface area contributed by atoms with Crippen molar-refractivity contribution in [3.63, 3.8) is 0 Å². The molecule has 96 valence electrons. The maximum atomic E-state index is 12.3. The van der Waals surface area contributed by atoms with Crippen molar-refractivity contribution in [2.75, 3.05) is 13.7 Å². The number of amides is 1. The molecule has 2 aliphatic rings. The summed E-state index contributed by atoms with van der Waals surface area (Å²) < 4.78 is 4.74. The van der Waals surface area contributed by atoms with Crippen LogP contribution in [0.2, 0.25) is 0 Å². The van der Waals surface area contributed by atoms with Crippen molar-refractivity contribution in [2.24, 2.45) is 11.7 Å². The van der Waals surface area contributed by atoms with Crippen LogP contribution < -0.4 is 5.73 Å². The molecule has 3 atom stereocenters. The minimum atomic E-state index is -0.371. The van der Waals surface area contributed by atoms with Gasteiger partial charge in [0.15, 0.2) is 0 Å². The molecule has 2 N–H and O–H groups in total. The number of nitrogens with two attached hydrogens (primary N) is 1. The topological polar surface area (TPSA) is 72.6 Å². The summed E-state index contributed by atoms with van der Waals surface area (Å²) in [5.41, 5.74) is 5.82. The highest BCUT2D eigenvalue weighted by Gasteiger charge is 2.39. The van der Waals surface area contributed by atoms with Crippen LogP contribution >= 0.6 is 0 Å². The number of carbonyl (C=O) groups is 2. The molecule has 2 rings (SSSR count). The summed E-state index contributed by atoms with van der Waals surface area (Å²) in [5, 5.41) is 0. The molecule has 1 heterocycles. The van der Waals surface area contributed by atoms with Crippen LogP contribution in [0.25, 0.3) is 0 Å². The highest BCUT2D eigenvalue weighted by Crippen LogP contribution is 2.29. The molecule has 1 amide bonds. The number of ether oxygens (including phenoxy) is 1. The Balaban J connectivity index is 2.01. The van der Waals surface area contributed by atoms with Gasteiger partial charge in [-0.15, -0.1) is 0 Å². The lowest BCUT2D eigenvalue weighted by Crippen LogP contribution is -2.43. The van der Waals surface area contributed by atoms with E-state index >= 15 is 0 Å². The Kier molecular flexibility index (Phi) is 3.66. The van der Waals surface area contributed by atoms with Crippen molar-refractivity contribution in [1.82, 2.24) is 4.90 Å². The lowest BCUT2D eigenvalue weighted by Gasteiger charge is -2.25. The van der Waals surface area contributed by atoms with E-state index in [2.05, 4.69) is 0 Å². The predicted octanol–water partition coefficient (Wildman–Crippen LogP) is 0.278. The number of carbonyl (C=O) groups excluding carboxylic acids is 2. The van der Waals surface area contributed by atoms with E-state index in [1.807, 2.05) is 0 Å². The first-order valence-electron chi connectivity index (χ1n) is 6.27. The first kappa shape index (κ1) is 12.4. The van der Waals surface area contributed by atoms with Crippen LogP contribution in [-0.2, 0) is 14.3 Å². The SMILES string of the molecule is COC(=O)C1CCCN1C(=O)C1CCC(N)C1. The Morgan fingerprint density at radius 3 is 2.65 bits per heavy atom. The molecule has 3 unspecified atom stereocenters. The summed E-state index contributed by atoms with van der Waals surface area (Å²) in [6.45, 7) is 0.671. The van der Waals surface area contributed by atoms with Gasteiger partial charge in [0, 0.05) is 18.5 Å². The molecule has 5 nitrogen and oxygen atoms in total. The quantitative estimate of drug-likeness (QED) is 0.704. The van der Waals surface area contributed by atoms with Crippen molar-refractivity contribution < 1.29 is 14.3 Å². The van der Waals surface area contributed by atoms with Crippen LogP contribution in [0, 0.1) is 5.92 Å². The van der Waals surface area contributed by atoms with Gasteiger partial charge in [0.2, 0.25) is 5.91 Å². The van der Waals surface area contributed by atoms with Crippen molar-refractivity contribution in [2.45, 2.75) is 44.2 Å². The summed E-state index contributed by atoms with van der Waals surface area (Å²) in [7, 11) is 1.37. The molecule has 0 aromatic heterocycles. The lowest BCUT2D eigenvalue weighted by atomic mass is 10.1. The van der Waals surface area contributed by atoms with Gasteiger partial charge in [-0.2, -0.15) is 0 Å². The fourth-order valence-electron chi connectivity index (χ4n) is 2.89. The van der Waals surface area contributed by atoms with Gasteiger partial charge in [0.1, 0.15) is 6.04 Å². The summed E-state index contributed by atoms with van der Waals surface area (Å²) in [5.74, 6) is -0.195. The Hall–Kier alpha value is -1.10. The first-order valence-corrected chi connectivity index (χ1v) is 6.27. The van der Waals surface area contributed by atoms with Gasteiger partial charge >= 0.3 is 5.97 Å². The molecule has 1 aliphatic heterocycles. The van der Waals surface area contributed by atoms with Crippen LogP contribution in [0.15, 0.2) is 0 Å². The lowest BCUT2D eigenvalue weighted by molar-refractivity contribution is -0.152. The van der Waals surface area contributed by atoms with E-state index in [9.17, 15) is 9.59 Å². The molecule has 1 aliphatic carbocycles. The number of methoxy groups -OCH3 is 1. The molecule has 17 heavy (non-hydrogen) atoms. The van der Waals surface area contributed by atoms with Crippen molar-refractivity contribution in [3.8, 4) is 0 Å². The third-order valence-corrected chi connectivity index (χ3v) is 3.83. The van der Waals surface area contributed by atoms with Gasteiger partial charge < -0.3 is 15.4 Å². The summed E-state index contributed by atoms with van der Waals surface area (Å²) in [6, 6.07) is -0.229. The monoisotopic (exact) mass is 240 g/mol. The zero-order valence-electron chi connectivity index (χ0n) is 10.2. The van der Waals surface area contributed by atoms with Gasteiger partial charge in [-0.05, 0) is 32.1 Å². The van der Waals surface area contributed by atoms with Crippen molar-refractivity contribution in [1.29, 1.82) is 0 Å². The Bertz CT molecular complexity index is 319. The van der Waals surface area contributed by atoms with Gasteiger partial charge in [-0.3, -0.25) is 4.79 Å². The van der Waals surface area contributed by atoms with Crippen LogP contribution in [0.1, 0.15) is 32.1 Å². The van der Waals surface area contributed by atoms with Gasteiger partial charge in [-0.1, -0.05) is 0 Å². The molecule has 0 spiro atoms. The normalized spacial score (nSPS) is 32.8. The average Bonchev–Trinajstić information content (AvgIpc) is 2.95. The zero-order chi connectivity index (χ0) is 12.4. The Morgan fingerprint density at radius 2 is 2.06 bits per heavy atom. The van der Waals surface area contributed by atoms with E-state index in [0.717, 1.165) is 32.1 Å². The van der Waals surface area contributed by atoms with E-state index in [1.54, 1.807) is 4.90 Å². The van der Waals surface area contributed by atoms with Crippen LogP contribution in [0.4, 0.5) is 0 Å². The van der Waals surface area contributed by atoms with E-state index in [4.69, 9.17) is 10.5 Å². The van der Waals surface area contributed by atoms with Gasteiger partial charge in [0.05, 0.1) is 7.11 Å². The van der Waals surface area contributed by atoms with Crippen LogP contribution in [0.3, 0.4) is 0 Å². The number of hydrogen-bond acceptors (Lipinski definition) is 4. The van der Waals surface area contributed by atoms with Gasteiger partial charge in [-0.25, -0.2) is 4.79 Å². The molecule has 0 radical (unpaired) electrons. The average molecular weight is 240 g/mol. The van der Waals surface area contributed by atoms with Crippen LogP contribution in [0.5, 0.6) is 0 Å². The second-order valence-electron chi connectivity index (χ2n) is 4.98. The number of esters is 1. The van der Waals surface area contributed by atoms with E-state index in [0.29, 0.717) is 6.54 Å². The Morgan fingerprint density at radius 1 is 1.29 bits per heavy atom. The summed E-state index contributed by atoms with van der Waals surface area (Å²) in [4.78, 5) is 25.5. The number of likely N-dealkylation sites (tertiary alicyclic amines) is 1. The molecule has 0 bridgehead atoms. The smallest absolute Gasteiger partial charge is 0.328 e. The number of rotatable bonds is 2. The summed E-state index contributed by atoms with van der Waals surface area (Å²) >= 11 is 0. The minimum Gasteiger partial charge on any atom is -0.467 e. The zero-order valence-corrected chi connectivity index (χ0v) is 10.2. The van der Waals surface area contributed by atoms with Crippen LogP contribution in [-0.4, -0.2) is 42.5 Å². The number of nitrogens with zero attached hydrogens (tertiary/aromatic N) is 1. The minimum absolute atomic E-state index is 0.00950. The second-order valence-corrected chi connectivity index (χ2v) is 4.98. The highest BCUT2D eigenvalue weighted by atomic mass is 16.5. The predicted molar refractivity (Wildman–Crippen MR) is 62.1 cm³/mol. The molecule has 0 aromatic carbocycles. The molecule has 0 aromatic rings. The van der Waals surface area contributed by atoms with E-state index in [1.165, 1.54) is 7.11 Å². The fraction of sp³-hybridized carbons (Fsp3) is 0.833. The molecular formula is C12H20N2O3. The standard InChI is InChI=1S/C12H20N2O3/c1-17-12(16)10-3-2-6-14(10)11(15)8-4-5-9(13)7-8/h8-10H,2-7,13H2,1H3. The Labute approximate surface area is 101 Å². The molecule has 1 saturated carbocycles.